The standard InChI is InChI=1S/C21H24N2O2S/c24-20(22-19-13-5-9-23(10-6-13)21(19)7-8-21)17-12-14-3-4-16-15(18(14)26-17)2-1-11-25-16/h3-4,12-13,19H,1-2,5-11H2,(H,22,24). The number of nitrogens with one attached hydrogen (secondary N) is 1. The zero-order valence-corrected chi connectivity index (χ0v) is 15.7. The van der Waals surface area contributed by atoms with E-state index in [1.54, 1.807) is 11.3 Å². The lowest BCUT2D eigenvalue weighted by Crippen LogP contribution is -2.65. The molecule has 1 amide bonds. The van der Waals surface area contributed by atoms with Crippen LogP contribution in [-0.4, -0.2) is 42.1 Å². The van der Waals surface area contributed by atoms with Crippen LogP contribution in [-0.2, 0) is 6.42 Å². The zero-order valence-electron chi connectivity index (χ0n) is 14.9. The summed E-state index contributed by atoms with van der Waals surface area (Å²) < 4.78 is 7.03. The van der Waals surface area contributed by atoms with Crippen LogP contribution in [0, 0.1) is 5.92 Å². The van der Waals surface area contributed by atoms with E-state index >= 15 is 0 Å². The molecule has 1 atom stereocenters. The Morgan fingerprint density at radius 3 is 2.92 bits per heavy atom. The molecule has 26 heavy (non-hydrogen) atoms. The van der Waals surface area contributed by atoms with Gasteiger partial charge in [-0.05, 0) is 81.1 Å². The number of hydrogen-bond acceptors (Lipinski definition) is 4. The number of fused-ring (bicyclic) bond motifs is 5. The Morgan fingerprint density at radius 1 is 1.27 bits per heavy atom. The molecule has 2 bridgehead atoms. The van der Waals surface area contributed by atoms with E-state index in [9.17, 15) is 4.79 Å². The van der Waals surface area contributed by atoms with E-state index in [2.05, 4.69) is 28.4 Å². The highest BCUT2D eigenvalue weighted by Gasteiger charge is 2.60. The maximum atomic E-state index is 13.1. The molecule has 5 heteroatoms. The van der Waals surface area contributed by atoms with Gasteiger partial charge in [-0.15, -0.1) is 11.3 Å². The summed E-state index contributed by atoms with van der Waals surface area (Å²) in [6, 6.07) is 6.59. The lowest BCUT2D eigenvalue weighted by atomic mass is 9.77. The number of ether oxygens (including phenoxy) is 1. The third-order valence-corrected chi connectivity index (χ3v) is 8.28. The Kier molecular flexibility index (Phi) is 3.25. The summed E-state index contributed by atoms with van der Waals surface area (Å²) >= 11 is 1.64. The fourth-order valence-electron chi connectivity index (χ4n) is 5.59. The average Bonchev–Trinajstić information content (AvgIpc) is 3.33. The van der Waals surface area contributed by atoms with E-state index in [0.29, 0.717) is 17.5 Å². The molecule has 2 aromatic rings. The Labute approximate surface area is 157 Å². The predicted molar refractivity (Wildman–Crippen MR) is 103 cm³/mol. The van der Waals surface area contributed by atoms with Crippen LogP contribution >= 0.6 is 11.3 Å². The quantitative estimate of drug-likeness (QED) is 0.881. The first-order valence-electron chi connectivity index (χ1n) is 9.99. The van der Waals surface area contributed by atoms with E-state index in [1.165, 1.54) is 54.4 Å². The van der Waals surface area contributed by atoms with Gasteiger partial charge >= 0.3 is 0 Å². The van der Waals surface area contributed by atoms with Gasteiger partial charge in [-0.25, -0.2) is 0 Å². The highest BCUT2D eigenvalue weighted by molar-refractivity contribution is 7.21. The number of amides is 1. The van der Waals surface area contributed by atoms with Crippen LogP contribution in [0.4, 0.5) is 0 Å². The monoisotopic (exact) mass is 368 g/mol. The summed E-state index contributed by atoms with van der Waals surface area (Å²) in [6.07, 6.45) is 7.11. The number of hydrogen-bond donors (Lipinski definition) is 1. The largest absolute Gasteiger partial charge is 0.493 e. The van der Waals surface area contributed by atoms with Crippen LogP contribution in [0.5, 0.6) is 5.75 Å². The van der Waals surface area contributed by atoms with Crippen molar-refractivity contribution in [1.82, 2.24) is 10.2 Å². The molecular weight excluding hydrogens is 344 g/mol. The number of rotatable bonds is 2. The van der Waals surface area contributed by atoms with Crippen molar-refractivity contribution in [2.24, 2.45) is 5.92 Å². The van der Waals surface area contributed by atoms with Crippen molar-refractivity contribution in [2.75, 3.05) is 19.7 Å². The number of carbonyl (C=O) groups is 1. The molecule has 136 valence electrons. The minimum atomic E-state index is 0.127. The maximum Gasteiger partial charge on any atom is 0.261 e. The molecule has 3 saturated heterocycles. The van der Waals surface area contributed by atoms with Crippen LogP contribution < -0.4 is 10.1 Å². The van der Waals surface area contributed by atoms with E-state index in [0.717, 1.165) is 30.1 Å². The van der Waals surface area contributed by atoms with E-state index in [-0.39, 0.29) is 5.91 Å². The lowest BCUT2D eigenvalue weighted by Gasteiger charge is -2.52. The molecule has 1 unspecified atom stereocenters. The number of nitrogens with zero attached hydrogens (tertiary/aromatic N) is 1. The van der Waals surface area contributed by atoms with Crippen LogP contribution in [0.25, 0.3) is 10.1 Å². The number of aryl methyl sites for hydroxylation is 1. The molecule has 5 heterocycles. The average molecular weight is 369 g/mol. The van der Waals surface area contributed by atoms with Crippen LogP contribution in [0.2, 0.25) is 0 Å². The van der Waals surface area contributed by atoms with Gasteiger partial charge < -0.3 is 10.1 Å². The van der Waals surface area contributed by atoms with Crippen LogP contribution in [0.15, 0.2) is 18.2 Å². The maximum absolute atomic E-state index is 13.1. The van der Waals surface area contributed by atoms with E-state index in [4.69, 9.17) is 4.74 Å². The van der Waals surface area contributed by atoms with Crippen molar-refractivity contribution in [1.29, 1.82) is 0 Å². The summed E-state index contributed by atoms with van der Waals surface area (Å²) in [5.74, 6) is 1.80. The summed E-state index contributed by atoms with van der Waals surface area (Å²) in [6.45, 7) is 3.26. The molecular formula is C21H24N2O2S. The molecule has 1 aromatic carbocycles. The van der Waals surface area contributed by atoms with Crippen molar-refractivity contribution >= 4 is 27.3 Å². The van der Waals surface area contributed by atoms with Crippen molar-refractivity contribution < 1.29 is 9.53 Å². The fourth-order valence-corrected chi connectivity index (χ4v) is 6.72. The number of thiophene rings is 1. The topological polar surface area (TPSA) is 41.6 Å². The Bertz CT molecular complexity index is 893. The van der Waals surface area contributed by atoms with Gasteiger partial charge in [-0.3, -0.25) is 9.69 Å². The third-order valence-electron chi connectivity index (χ3n) is 7.07. The molecule has 1 aliphatic carbocycles. The second-order valence-corrected chi connectivity index (χ2v) is 9.45. The van der Waals surface area contributed by atoms with Gasteiger partial charge in [-0.2, -0.15) is 0 Å². The van der Waals surface area contributed by atoms with Crippen molar-refractivity contribution in [2.45, 2.75) is 50.1 Å². The van der Waals surface area contributed by atoms with Gasteiger partial charge in [0, 0.05) is 15.8 Å². The number of piperidine rings is 3. The Morgan fingerprint density at radius 2 is 2.12 bits per heavy atom. The lowest BCUT2D eigenvalue weighted by molar-refractivity contribution is -0.00138. The van der Waals surface area contributed by atoms with E-state index in [1.807, 2.05) is 0 Å². The van der Waals surface area contributed by atoms with E-state index < -0.39 is 0 Å². The predicted octanol–water partition coefficient (Wildman–Crippen LogP) is 3.58. The Balaban J connectivity index is 1.31. The zero-order chi connectivity index (χ0) is 17.3. The minimum Gasteiger partial charge on any atom is -0.493 e. The van der Waals surface area contributed by atoms with Crippen molar-refractivity contribution in [3.05, 3.63) is 28.6 Å². The highest BCUT2D eigenvalue weighted by atomic mass is 32.1. The molecule has 4 aliphatic heterocycles. The summed E-state index contributed by atoms with van der Waals surface area (Å²) in [4.78, 5) is 16.6. The molecule has 0 radical (unpaired) electrons. The smallest absolute Gasteiger partial charge is 0.261 e. The highest BCUT2D eigenvalue weighted by Crippen LogP contribution is 2.53. The fraction of sp³-hybridized carbons (Fsp3) is 0.571. The van der Waals surface area contributed by atoms with Gasteiger partial charge in [-0.1, -0.05) is 0 Å². The van der Waals surface area contributed by atoms with Crippen molar-refractivity contribution in [3.63, 3.8) is 0 Å². The molecule has 5 aliphatic rings. The molecule has 1 spiro atoms. The molecule has 4 nitrogen and oxygen atoms in total. The van der Waals surface area contributed by atoms with Gasteiger partial charge in [0.1, 0.15) is 5.75 Å². The summed E-state index contributed by atoms with van der Waals surface area (Å²) in [5.41, 5.74) is 1.58. The molecule has 1 saturated carbocycles. The van der Waals surface area contributed by atoms with Gasteiger partial charge in [0.05, 0.1) is 17.5 Å². The number of benzene rings is 1. The third kappa shape index (κ3) is 2.13. The van der Waals surface area contributed by atoms with Crippen molar-refractivity contribution in [3.8, 4) is 5.75 Å². The van der Waals surface area contributed by atoms with Gasteiger partial charge in [0.2, 0.25) is 0 Å². The van der Waals surface area contributed by atoms with Crippen LogP contribution in [0.1, 0.15) is 47.3 Å². The number of carbonyl (C=O) groups excluding carboxylic acids is 1. The molecule has 4 fully saturated rings. The summed E-state index contributed by atoms with van der Waals surface area (Å²) in [5, 5.41) is 4.64. The van der Waals surface area contributed by atoms with Crippen LogP contribution in [0.3, 0.4) is 0 Å². The second kappa shape index (κ2) is 5.46. The normalized spacial score (nSPS) is 30.8. The van der Waals surface area contributed by atoms with Gasteiger partial charge in [0.15, 0.2) is 0 Å². The Hall–Kier alpha value is -1.59. The molecule has 1 aromatic heterocycles. The first-order chi connectivity index (χ1) is 12.7. The molecule has 1 N–H and O–H groups in total. The molecule has 7 rings (SSSR count). The minimum absolute atomic E-state index is 0.127. The summed E-state index contributed by atoms with van der Waals surface area (Å²) in [7, 11) is 0. The second-order valence-electron chi connectivity index (χ2n) is 8.40. The van der Waals surface area contributed by atoms with Gasteiger partial charge in [0.25, 0.3) is 5.91 Å². The first-order valence-corrected chi connectivity index (χ1v) is 10.8. The SMILES string of the molecule is O=C(NC1C2CCN(CC2)C12CC2)c1cc2ccc3c(c2s1)CCCO3. The first kappa shape index (κ1) is 15.5.